The number of carboxylic acids is 3. The van der Waals surface area contributed by atoms with E-state index in [1.807, 2.05) is 0 Å². The zero-order chi connectivity index (χ0) is 65.6. The van der Waals surface area contributed by atoms with Crippen molar-refractivity contribution < 1.29 is 61.0 Å². The molecule has 12 nitrogen and oxygen atoms in total. The first-order chi connectivity index (χ1) is 43.8. The highest BCUT2D eigenvalue weighted by Gasteiger charge is 2.25. The van der Waals surface area contributed by atoms with Crippen molar-refractivity contribution >= 4 is 17.9 Å². The molecule has 6 saturated carbocycles. The Bertz CT molecular complexity index is 1300. The first-order valence-electron chi connectivity index (χ1n) is 40.0. The molecule has 0 aromatic rings. The van der Waals surface area contributed by atoms with Gasteiger partial charge in [0.05, 0.1) is 54.6 Å². The van der Waals surface area contributed by atoms with Crippen LogP contribution in [-0.4, -0.2) is 87.8 Å². The third kappa shape index (κ3) is 58.7. The van der Waals surface area contributed by atoms with E-state index < -0.39 is 36.2 Å². The first kappa shape index (κ1) is 86.2. The van der Waals surface area contributed by atoms with Crippen LogP contribution in [0.5, 0.6) is 0 Å². The average molecular weight is 1280 g/mol. The fourth-order valence-corrected chi connectivity index (χ4v) is 15.1. The van der Waals surface area contributed by atoms with Gasteiger partial charge in [-0.3, -0.25) is 0 Å². The van der Waals surface area contributed by atoms with Gasteiger partial charge in [0.1, 0.15) is 0 Å². The van der Waals surface area contributed by atoms with Gasteiger partial charge in [0.15, 0.2) is 0 Å². The van der Waals surface area contributed by atoms with Gasteiger partial charge in [0.25, 0.3) is 0 Å². The van der Waals surface area contributed by atoms with E-state index in [-0.39, 0.29) is 19.3 Å². The van der Waals surface area contributed by atoms with Crippen molar-refractivity contribution in [3.63, 3.8) is 0 Å². The zero-order valence-electron chi connectivity index (χ0n) is 59.8. The zero-order valence-corrected chi connectivity index (χ0v) is 59.8. The summed E-state index contributed by atoms with van der Waals surface area (Å²) in [5.41, 5.74) is 0. The number of carbonyl (C=O) groups is 3. The van der Waals surface area contributed by atoms with E-state index in [1.54, 1.807) is 0 Å². The van der Waals surface area contributed by atoms with E-state index in [4.69, 9.17) is 0 Å². The Morgan fingerprint density at radius 3 is 0.556 bits per heavy atom. The molecule has 534 valence electrons. The number of rotatable bonds is 42. The smallest absolute Gasteiger partial charge is 0.0861 e. The minimum atomic E-state index is -1.16. The molecule has 6 fully saturated rings. The molecule has 0 aliphatic heterocycles. The average Bonchev–Trinajstić information content (AvgIpc) is 3.75. The molecule has 0 aromatic carbocycles. The number of nitrogens with two attached hydrogens (primary N) is 3. The van der Waals surface area contributed by atoms with Gasteiger partial charge in [-0.15, -0.1) is 0 Å². The fourth-order valence-electron chi connectivity index (χ4n) is 15.1. The van der Waals surface area contributed by atoms with Gasteiger partial charge in [0.2, 0.25) is 0 Å². The Morgan fingerprint density at radius 1 is 0.267 bits per heavy atom. The summed E-state index contributed by atoms with van der Waals surface area (Å²) in [6, 6.07) is 5.98. The lowest BCUT2D eigenvalue weighted by molar-refractivity contribution is -0.726. The fraction of sp³-hybridized carbons (Fsp3) is 0.962. The highest BCUT2D eigenvalue weighted by atomic mass is 16.4. The Balaban J connectivity index is 0.000000541. The summed E-state index contributed by atoms with van der Waals surface area (Å²) in [7, 11) is 0. The van der Waals surface area contributed by atoms with Crippen molar-refractivity contribution in [2.24, 2.45) is 0 Å². The largest absolute Gasteiger partial charge is 0.550 e. The van der Waals surface area contributed by atoms with Crippen LogP contribution < -0.4 is 31.3 Å². The molecule has 0 amide bonds. The predicted molar refractivity (Wildman–Crippen MR) is 369 cm³/mol. The number of carbonyl (C=O) groups excluding carboxylic acids is 3. The van der Waals surface area contributed by atoms with Crippen LogP contribution in [0.25, 0.3) is 0 Å². The van der Waals surface area contributed by atoms with Crippen molar-refractivity contribution in [1.82, 2.24) is 0 Å². The molecule has 0 heterocycles. The van der Waals surface area contributed by atoms with Crippen LogP contribution in [-0.2, 0) is 14.4 Å². The summed E-state index contributed by atoms with van der Waals surface area (Å²) >= 11 is 0. The van der Waals surface area contributed by atoms with E-state index in [9.17, 15) is 45.0 Å². The van der Waals surface area contributed by atoms with Crippen LogP contribution in [0.15, 0.2) is 0 Å². The summed E-state index contributed by atoms with van der Waals surface area (Å²) in [6.45, 7) is 6.66. The number of aliphatic hydroxyl groups excluding tert-OH is 3. The van der Waals surface area contributed by atoms with Gasteiger partial charge in [0, 0.05) is 37.2 Å². The molecule has 6 aliphatic rings. The normalized spacial score (nSPS) is 19.1. The van der Waals surface area contributed by atoms with Gasteiger partial charge in [-0.25, -0.2) is 0 Å². The van der Waals surface area contributed by atoms with E-state index in [1.165, 1.54) is 327 Å². The predicted octanol–water partition coefficient (Wildman–Crippen LogP) is 13.9. The van der Waals surface area contributed by atoms with Crippen molar-refractivity contribution in [1.29, 1.82) is 0 Å². The molecule has 6 rings (SSSR count). The van der Waals surface area contributed by atoms with Crippen molar-refractivity contribution in [3.05, 3.63) is 0 Å². The lowest BCUT2D eigenvalue weighted by Gasteiger charge is -2.27. The monoisotopic (exact) mass is 1280 g/mol. The number of quaternary nitrogens is 3. The topological polar surface area (TPSA) is 231 Å². The minimum absolute atomic E-state index is 0.225. The number of unbranched alkanes of at least 4 members (excludes halogenated alkanes) is 24. The van der Waals surface area contributed by atoms with Gasteiger partial charge in [-0.05, 0) is 173 Å². The number of aliphatic hydroxyl groups is 3. The molecule has 0 unspecified atom stereocenters. The Morgan fingerprint density at radius 2 is 0.411 bits per heavy atom. The molecule has 0 spiro atoms. The molecule has 12 heteroatoms. The van der Waals surface area contributed by atoms with E-state index in [0.717, 1.165) is 74.8 Å². The summed E-state index contributed by atoms with van der Waals surface area (Å²) < 4.78 is 0. The minimum Gasteiger partial charge on any atom is -0.550 e. The Hall–Kier alpha value is -1.83. The van der Waals surface area contributed by atoms with Crippen LogP contribution in [0.4, 0.5) is 0 Å². The second kappa shape index (κ2) is 64.5. The van der Waals surface area contributed by atoms with Gasteiger partial charge in [-0.2, -0.15) is 0 Å². The first-order valence-corrected chi connectivity index (χ1v) is 40.0. The van der Waals surface area contributed by atoms with Gasteiger partial charge in [-0.1, -0.05) is 233 Å². The third-order valence-electron chi connectivity index (χ3n) is 20.7. The second-order valence-electron chi connectivity index (χ2n) is 29.5. The summed E-state index contributed by atoms with van der Waals surface area (Å²) in [6.07, 6.45) is 77.1. The summed E-state index contributed by atoms with van der Waals surface area (Å²) in [5, 5.41) is 66.7. The van der Waals surface area contributed by atoms with Crippen molar-refractivity contribution in [2.75, 3.05) is 0 Å². The molecule has 9 N–H and O–H groups in total. The quantitative estimate of drug-likeness (QED) is 0.0319. The number of carboxylic acid groups (broad SMARTS) is 3. The molecule has 0 bridgehead atoms. The Kier molecular flexibility index (Phi) is 61.8. The molecule has 6 aliphatic carbocycles. The van der Waals surface area contributed by atoms with Crippen molar-refractivity contribution in [3.8, 4) is 0 Å². The van der Waals surface area contributed by atoms with E-state index >= 15 is 0 Å². The molecular formula is C78H153N3O9. The number of hydrogen-bond donors (Lipinski definition) is 6. The highest BCUT2D eigenvalue weighted by molar-refractivity contribution is 5.65. The standard InChI is InChI=1S/3C14H28O3.3C12H23N/c3*1-2-3-4-5-6-7-8-9-10-11-13(15)12-14(16)17;3*1-3-7-11(8-4-1)13-12-9-5-2-6-10-12/h3*13,15H,2-12H2,1H3,(H,16,17);3*11-13H,1-10H2/t3*13-;;;/m111.../s1. The van der Waals surface area contributed by atoms with Gasteiger partial charge < -0.3 is 61.0 Å². The SMILES string of the molecule is C1CCC([NH2+]C2CCCCC2)CC1.C1CCC([NH2+]C2CCCCC2)CC1.C1CCC([NH2+]C2CCCCC2)CC1.CCCCCCCCCCC[C@@H](O)CC(=O)[O-].CCCCCCCCCCC[C@@H](O)CC(=O)[O-].CCCCCCCCCCC[C@@H](O)CC(=O)[O-]. The third-order valence-corrected chi connectivity index (χ3v) is 20.7. The molecular weight excluding hydrogens is 1120 g/mol. The summed E-state index contributed by atoms with van der Waals surface area (Å²) in [5.74, 6) is -3.48. The maximum Gasteiger partial charge on any atom is 0.0861 e. The molecule has 3 atom stereocenters. The molecule has 0 radical (unpaired) electrons. The molecule has 0 saturated heterocycles. The highest BCUT2D eigenvalue weighted by Crippen LogP contribution is 2.22. The van der Waals surface area contributed by atoms with Crippen LogP contribution >= 0.6 is 0 Å². The molecule has 0 aromatic heterocycles. The van der Waals surface area contributed by atoms with Crippen LogP contribution in [0, 0.1) is 0 Å². The maximum absolute atomic E-state index is 10.2. The lowest BCUT2D eigenvalue weighted by Crippen LogP contribution is -2.95. The van der Waals surface area contributed by atoms with Crippen LogP contribution in [0.2, 0.25) is 0 Å². The molecule has 90 heavy (non-hydrogen) atoms. The van der Waals surface area contributed by atoms with E-state index in [2.05, 4.69) is 36.7 Å². The lowest BCUT2D eigenvalue weighted by atomic mass is 9.91. The van der Waals surface area contributed by atoms with Crippen LogP contribution in [0.3, 0.4) is 0 Å². The number of aliphatic carboxylic acids is 3. The van der Waals surface area contributed by atoms with Gasteiger partial charge >= 0.3 is 0 Å². The maximum atomic E-state index is 10.2. The Labute approximate surface area is 556 Å². The van der Waals surface area contributed by atoms with Crippen LogP contribution in [0.1, 0.15) is 425 Å². The van der Waals surface area contributed by atoms with Crippen molar-refractivity contribution in [2.45, 2.75) is 480 Å². The van der Waals surface area contributed by atoms with E-state index in [0.29, 0.717) is 19.3 Å². The second-order valence-corrected chi connectivity index (χ2v) is 29.5. The summed E-state index contributed by atoms with van der Waals surface area (Å²) in [4.78, 5) is 30.6. The number of hydrogen-bond acceptors (Lipinski definition) is 9.